The van der Waals surface area contributed by atoms with E-state index in [4.69, 9.17) is 32.4 Å². The summed E-state index contributed by atoms with van der Waals surface area (Å²) in [6.07, 6.45) is 0.557. The van der Waals surface area contributed by atoms with Crippen molar-refractivity contribution in [1.29, 1.82) is 0 Å². The van der Waals surface area contributed by atoms with Gasteiger partial charge in [0.1, 0.15) is 29.3 Å². The van der Waals surface area contributed by atoms with Crippen molar-refractivity contribution in [2.75, 3.05) is 23.8 Å². The first-order valence-corrected chi connectivity index (χ1v) is 15.5. The van der Waals surface area contributed by atoms with Crippen molar-refractivity contribution in [3.8, 4) is 17.2 Å². The molecule has 5 rings (SSSR count). The number of aldehydes is 1. The van der Waals surface area contributed by atoms with Gasteiger partial charge >= 0.3 is 5.97 Å². The van der Waals surface area contributed by atoms with Crippen molar-refractivity contribution in [2.45, 2.75) is 27.2 Å². The third kappa shape index (κ3) is 5.88. The van der Waals surface area contributed by atoms with Crippen LogP contribution in [0.15, 0.2) is 60.7 Å². The molecule has 0 aliphatic carbocycles. The highest BCUT2D eigenvalue weighted by atomic mass is 16.5. The maximum atomic E-state index is 14.9. The number of carbonyl (C=O) groups excluding carboxylic acids is 5. The SMILES string of the molecule is CCc1c(C)c(C(=O)c2c(N)c(C(=O)c3ccccc3)c(OCC=O)c(N)c2C(=O)O)n2c(N)c(C(C)=O)c(Oc3ccccc3)c(C(N)=O)c12. The first-order chi connectivity index (χ1) is 24.3. The molecule has 0 unspecified atom stereocenters. The second-order valence-corrected chi connectivity index (χ2v) is 11.4. The van der Waals surface area contributed by atoms with Crippen LogP contribution in [0, 0.1) is 6.92 Å². The Morgan fingerprint density at radius 1 is 0.804 bits per heavy atom. The number of carboxylic acids is 1. The van der Waals surface area contributed by atoms with Crippen LogP contribution < -0.4 is 32.4 Å². The van der Waals surface area contributed by atoms with E-state index in [9.17, 15) is 33.9 Å². The van der Waals surface area contributed by atoms with Gasteiger partial charge in [0.2, 0.25) is 5.78 Å². The van der Waals surface area contributed by atoms with Gasteiger partial charge in [-0.05, 0) is 43.5 Å². The molecule has 2 aromatic heterocycles. The number of rotatable bonds is 13. The molecule has 0 spiro atoms. The molecule has 5 aromatic rings. The zero-order valence-electron chi connectivity index (χ0n) is 27.7. The Kier molecular flexibility index (Phi) is 9.62. The summed E-state index contributed by atoms with van der Waals surface area (Å²) >= 11 is 0. The zero-order chi connectivity index (χ0) is 37.3. The Hall–Kier alpha value is -6.96. The van der Waals surface area contributed by atoms with Crippen LogP contribution in [0.5, 0.6) is 17.2 Å². The molecule has 0 saturated heterocycles. The van der Waals surface area contributed by atoms with Crippen molar-refractivity contribution in [1.82, 2.24) is 4.40 Å². The summed E-state index contributed by atoms with van der Waals surface area (Å²) in [5.41, 5.74) is 22.2. The van der Waals surface area contributed by atoms with Gasteiger partial charge in [-0.15, -0.1) is 0 Å². The fraction of sp³-hybridized carbons (Fsp3) is 0.135. The van der Waals surface area contributed by atoms with Crippen LogP contribution in [0.1, 0.15) is 88.0 Å². The topological polar surface area (TPSA) is 250 Å². The number of aromatic carboxylic acids is 1. The number of Topliss-reactive ketones (excluding diaryl/α,β-unsaturated/α-hetero) is 1. The molecule has 9 N–H and O–H groups in total. The number of anilines is 3. The first-order valence-electron chi connectivity index (χ1n) is 15.5. The van der Waals surface area contributed by atoms with Crippen LogP contribution in [0.25, 0.3) is 5.52 Å². The van der Waals surface area contributed by atoms with Gasteiger partial charge in [0.05, 0.1) is 39.3 Å². The predicted molar refractivity (Wildman–Crippen MR) is 188 cm³/mol. The number of nitrogens with zero attached hydrogens (tertiary/aromatic N) is 1. The number of nitrogens with two attached hydrogens (primary N) is 4. The molecule has 0 atom stereocenters. The normalized spacial score (nSPS) is 10.9. The molecule has 14 heteroatoms. The van der Waals surface area contributed by atoms with Gasteiger partial charge in [-0.25, -0.2) is 4.79 Å². The van der Waals surface area contributed by atoms with Gasteiger partial charge in [-0.1, -0.05) is 55.5 Å². The van der Waals surface area contributed by atoms with Crippen LogP contribution in [-0.4, -0.2) is 51.6 Å². The largest absolute Gasteiger partial charge is 0.483 e. The highest BCUT2D eigenvalue weighted by Gasteiger charge is 2.37. The second-order valence-electron chi connectivity index (χ2n) is 11.4. The predicted octanol–water partition coefficient (Wildman–Crippen LogP) is 4.39. The zero-order valence-corrected chi connectivity index (χ0v) is 27.7. The fourth-order valence-electron chi connectivity index (χ4n) is 6.25. The number of ether oxygens (including phenoxy) is 2. The van der Waals surface area contributed by atoms with Gasteiger partial charge < -0.3 is 37.5 Å². The minimum Gasteiger partial charge on any atom is -0.483 e. The number of benzene rings is 3. The maximum Gasteiger partial charge on any atom is 0.338 e. The summed E-state index contributed by atoms with van der Waals surface area (Å²) in [5.74, 6) is -6.03. The molecule has 0 saturated carbocycles. The van der Waals surface area contributed by atoms with Crippen LogP contribution in [0.2, 0.25) is 0 Å². The summed E-state index contributed by atoms with van der Waals surface area (Å²) < 4.78 is 12.7. The number of fused-ring (bicyclic) bond motifs is 1. The Bertz CT molecular complexity index is 2300. The van der Waals surface area contributed by atoms with Crippen LogP contribution in [0.3, 0.4) is 0 Å². The number of primary amides is 1. The second kappa shape index (κ2) is 13.9. The van der Waals surface area contributed by atoms with E-state index in [-0.39, 0.29) is 57.2 Å². The van der Waals surface area contributed by atoms with E-state index in [0.717, 1.165) is 4.40 Å². The number of ketones is 3. The van der Waals surface area contributed by atoms with Gasteiger partial charge in [-0.3, -0.25) is 28.4 Å². The lowest BCUT2D eigenvalue weighted by Gasteiger charge is -2.21. The molecule has 0 fully saturated rings. The van der Waals surface area contributed by atoms with E-state index in [2.05, 4.69) is 0 Å². The summed E-state index contributed by atoms with van der Waals surface area (Å²) in [5, 5.41) is 10.4. The number of hydrogen-bond acceptors (Lipinski definition) is 11. The minimum atomic E-state index is -1.71. The smallest absolute Gasteiger partial charge is 0.338 e. The molecule has 14 nitrogen and oxygen atoms in total. The number of nitrogen functional groups attached to an aromatic ring is 3. The lowest BCUT2D eigenvalue weighted by atomic mass is 9.89. The van der Waals surface area contributed by atoms with E-state index in [0.29, 0.717) is 11.8 Å². The standard InChI is InChI=1S/C37H33N5O9/c1-4-21-17(2)29(42-30(21)26(36(41)47)33(22(18(3)44)35(42)40)51-20-13-9-6-10-14-20)32(46)23-24(37(48)49)28(39)34(50-16-15-43)25(27(23)38)31(45)19-11-7-5-8-12-19/h5-15H,4,16,38-40H2,1-3H3,(H2,41,47)(H,48,49). The Labute approximate surface area is 290 Å². The number of aryl methyl sites for hydroxylation is 1. The Morgan fingerprint density at radius 3 is 1.94 bits per heavy atom. The number of hydrogen-bond donors (Lipinski definition) is 5. The van der Waals surface area contributed by atoms with Crippen molar-refractivity contribution in [2.24, 2.45) is 5.73 Å². The van der Waals surface area contributed by atoms with E-state index in [1.807, 2.05) is 0 Å². The van der Waals surface area contributed by atoms with E-state index in [1.165, 1.54) is 26.0 Å². The monoisotopic (exact) mass is 691 g/mol. The van der Waals surface area contributed by atoms with Crippen molar-refractivity contribution >= 4 is 58.2 Å². The molecule has 0 aliphatic heterocycles. The highest BCUT2D eigenvalue weighted by molar-refractivity contribution is 6.26. The van der Waals surface area contributed by atoms with Gasteiger partial charge in [0.15, 0.2) is 29.4 Å². The number of aromatic nitrogens is 1. The number of carbonyl (C=O) groups is 6. The fourth-order valence-corrected chi connectivity index (χ4v) is 6.25. The summed E-state index contributed by atoms with van der Waals surface area (Å²) in [7, 11) is 0. The average molecular weight is 692 g/mol. The lowest BCUT2D eigenvalue weighted by molar-refractivity contribution is -0.109. The number of amides is 1. The maximum absolute atomic E-state index is 14.9. The third-order valence-electron chi connectivity index (χ3n) is 8.39. The lowest BCUT2D eigenvalue weighted by Crippen LogP contribution is -2.23. The molecule has 0 bridgehead atoms. The highest BCUT2D eigenvalue weighted by Crippen LogP contribution is 2.44. The molecular weight excluding hydrogens is 658 g/mol. The first kappa shape index (κ1) is 35.3. The summed E-state index contributed by atoms with van der Waals surface area (Å²) in [6.45, 7) is 3.82. The molecule has 0 aliphatic rings. The van der Waals surface area contributed by atoms with E-state index >= 15 is 0 Å². The third-order valence-corrected chi connectivity index (χ3v) is 8.39. The molecule has 0 radical (unpaired) electrons. The van der Waals surface area contributed by atoms with Gasteiger partial charge in [0.25, 0.3) is 5.91 Å². The summed E-state index contributed by atoms with van der Waals surface area (Å²) in [6, 6.07) is 16.0. The number of para-hydroxylation sites is 1. The van der Waals surface area contributed by atoms with Crippen LogP contribution in [0.4, 0.5) is 17.2 Å². The van der Waals surface area contributed by atoms with Crippen LogP contribution in [-0.2, 0) is 11.2 Å². The quantitative estimate of drug-likeness (QED) is 0.0655. The molecular formula is C37H33N5O9. The molecule has 1 amide bonds. The van der Waals surface area contributed by atoms with E-state index < -0.39 is 69.6 Å². The Balaban J connectivity index is 1.94. The van der Waals surface area contributed by atoms with Crippen molar-refractivity contribution < 1.29 is 43.3 Å². The van der Waals surface area contributed by atoms with Crippen molar-refractivity contribution in [3.63, 3.8) is 0 Å². The number of pyridine rings is 1. The molecule has 3 aromatic carbocycles. The molecule has 260 valence electrons. The summed E-state index contributed by atoms with van der Waals surface area (Å²) in [4.78, 5) is 79.4. The average Bonchev–Trinajstić information content (AvgIpc) is 3.39. The number of carboxylic acid groups (broad SMARTS) is 1. The molecule has 2 heterocycles. The minimum absolute atomic E-state index is 0.0363. The molecule has 51 heavy (non-hydrogen) atoms. The van der Waals surface area contributed by atoms with Crippen LogP contribution >= 0.6 is 0 Å². The van der Waals surface area contributed by atoms with Gasteiger partial charge in [0, 0.05) is 5.56 Å². The van der Waals surface area contributed by atoms with Crippen molar-refractivity contribution in [3.05, 3.63) is 111 Å². The Morgan fingerprint density at radius 2 is 1.41 bits per heavy atom. The van der Waals surface area contributed by atoms with E-state index in [1.54, 1.807) is 55.5 Å². The van der Waals surface area contributed by atoms with Gasteiger partial charge in [-0.2, -0.15) is 0 Å².